The number of pyridine rings is 2. The van der Waals surface area contributed by atoms with Crippen molar-refractivity contribution in [3.05, 3.63) is 156 Å². The molecule has 50 heavy (non-hydrogen) atoms. The Kier molecular flexibility index (Phi) is 11.9. The molecule has 0 spiro atoms. The molecule has 0 unspecified atom stereocenters. The van der Waals surface area contributed by atoms with Crippen LogP contribution in [0.4, 0.5) is 0 Å². The van der Waals surface area contributed by atoms with E-state index in [-0.39, 0.29) is 20.1 Å². The third-order valence-corrected chi connectivity index (χ3v) is 10.9. The van der Waals surface area contributed by atoms with Gasteiger partial charge in [-0.2, -0.15) is 11.3 Å². The number of benzene rings is 4. The van der Waals surface area contributed by atoms with Gasteiger partial charge in [0, 0.05) is 37.4 Å². The van der Waals surface area contributed by atoms with Crippen LogP contribution in [0.15, 0.2) is 128 Å². The molecule has 4 heteroatoms. The first-order chi connectivity index (χ1) is 24.0. The third-order valence-electron chi connectivity index (χ3n) is 9.66. The van der Waals surface area contributed by atoms with Crippen LogP contribution in [0.5, 0.6) is 0 Å². The summed E-state index contributed by atoms with van der Waals surface area (Å²) in [5.74, 6) is 1.18. The predicted molar refractivity (Wildman–Crippen MR) is 208 cm³/mol. The summed E-state index contributed by atoms with van der Waals surface area (Å²) in [7, 11) is 0. The van der Waals surface area contributed by atoms with Crippen LogP contribution >= 0.6 is 11.3 Å². The van der Waals surface area contributed by atoms with Crippen molar-refractivity contribution in [1.82, 2.24) is 9.97 Å². The van der Waals surface area contributed by atoms with E-state index in [9.17, 15) is 0 Å². The van der Waals surface area contributed by atoms with Gasteiger partial charge in [0.15, 0.2) is 0 Å². The van der Waals surface area contributed by atoms with Crippen LogP contribution in [0.3, 0.4) is 0 Å². The van der Waals surface area contributed by atoms with Crippen molar-refractivity contribution in [3.8, 4) is 44.1 Å². The molecule has 1 saturated carbocycles. The second kappa shape index (κ2) is 16.7. The van der Waals surface area contributed by atoms with Gasteiger partial charge < -0.3 is 9.97 Å². The van der Waals surface area contributed by atoms with Crippen molar-refractivity contribution in [1.29, 1.82) is 0 Å². The monoisotopic (exact) mass is 847 g/mol. The number of thiophene rings is 1. The largest absolute Gasteiger partial charge is 0.305 e. The van der Waals surface area contributed by atoms with Gasteiger partial charge in [0.05, 0.1) is 0 Å². The van der Waals surface area contributed by atoms with E-state index in [0.29, 0.717) is 5.92 Å². The molecule has 1 radical (unpaired) electrons. The van der Waals surface area contributed by atoms with Crippen molar-refractivity contribution in [3.63, 3.8) is 0 Å². The molecule has 1 aliphatic rings. The van der Waals surface area contributed by atoms with E-state index in [2.05, 4.69) is 111 Å². The van der Waals surface area contributed by atoms with Gasteiger partial charge in [0.1, 0.15) is 0 Å². The Morgan fingerprint density at radius 2 is 1.44 bits per heavy atom. The molecule has 0 aliphatic heterocycles. The second-order valence-electron chi connectivity index (χ2n) is 13.3. The van der Waals surface area contributed by atoms with Crippen LogP contribution in [-0.2, 0) is 20.1 Å². The summed E-state index contributed by atoms with van der Waals surface area (Å²) in [4.78, 5) is 10.3. The van der Waals surface area contributed by atoms with E-state index in [1.807, 2.05) is 60.0 Å². The Balaban J connectivity index is 0.000000281. The molecule has 0 N–H and O–H groups in total. The molecule has 1 aliphatic carbocycles. The zero-order chi connectivity index (χ0) is 33.6. The summed E-state index contributed by atoms with van der Waals surface area (Å²) in [5.41, 5.74) is 12.1. The van der Waals surface area contributed by atoms with Crippen LogP contribution < -0.4 is 0 Å². The van der Waals surface area contributed by atoms with Crippen molar-refractivity contribution < 1.29 is 20.1 Å². The zero-order valence-electron chi connectivity index (χ0n) is 29.0. The van der Waals surface area contributed by atoms with Crippen LogP contribution in [-0.4, -0.2) is 9.97 Å². The molecule has 7 aromatic rings. The Hall–Kier alpha value is -4.21. The predicted octanol–water partition coefficient (Wildman–Crippen LogP) is 13.1. The Labute approximate surface area is 315 Å². The van der Waals surface area contributed by atoms with Crippen molar-refractivity contribution in [2.24, 2.45) is 0 Å². The summed E-state index contributed by atoms with van der Waals surface area (Å²) in [6.45, 7) is 6.74. The van der Waals surface area contributed by atoms with Gasteiger partial charge in [-0.15, -0.1) is 53.6 Å². The minimum absolute atomic E-state index is 0. The number of fused-ring (bicyclic) bond motifs is 1. The summed E-state index contributed by atoms with van der Waals surface area (Å²) >= 11 is 1.85. The van der Waals surface area contributed by atoms with Gasteiger partial charge in [-0.05, 0) is 76.5 Å². The quantitative estimate of drug-likeness (QED) is 0.156. The summed E-state index contributed by atoms with van der Waals surface area (Å²) in [6, 6.07) is 47.5. The molecule has 8 rings (SSSR count). The maximum atomic E-state index is 4.77. The summed E-state index contributed by atoms with van der Waals surface area (Å²) in [5, 5.41) is 1.32. The van der Waals surface area contributed by atoms with Crippen molar-refractivity contribution in [2.75, 3.05) is 0 Å². The van der Waals surface area contributed by atoms with E-state index < -0.39 is 0 Å². The molecule has 3 heterocycles. The van der Waals surface area contributed by atoms with Crippen molar-refractivity contribution in [2.45, 2.75) is 64.7 Å². The molecular formula is C46H42IrN2S-2. The standard InChI is InChI=1S/C35H34NS.C11H8N.Ir/c1-23(2)29-18-19-36-32(21-29)30-20-31(27-16-14-26(15-17-27)25-10-6-4-7-11-25)34-24(3)35(37-33(34)22-30)28-12-8-5-9-13-28;1-2-6-10(7-3-1)11-8-4-5-9-12-11;/h5,8-9,12-21,23,25H,4,6-7,10-11H2,1-3H3;1-6,8-9H;/q2*-1;. The minimum Gasteiger partial charge on any atom is -0.305 e. The first-order valence-electron chi connectivity index (χ1n) is 17.5. The van der Waals surface area contributed by atoms with Gasteiger partial charge in [0.2, 0.25) is 0 Å². The number of rotatable bonds is 6. The maximum Gasteiger partial charge on any atom is 0.0276 e. The molecule has 3 aromatic heterocycles. The maximum absolute atomic E-state index is 4.77. The fourth-order valence-electron chi connectivity index (χ4n) is 6.93. The number of hydrogen-bond donors (Lipinski definition) is 0. The van der Waals surface area contributed by atoms with Crippen LogP contribution in [0.25, 0.3) is 54.2 Å². The minimum atomic E-state index is 0. The third kappa shape index (κ3) is 8.05. The topological polar surface area (TPSA) is 25.8 Å². The first-order valence-corrected chi connectivity index (χ1v) is 18.4. The van der Waals surface area contributed by atoms with Gasteiger partial charge in [-0.1, -0.05) is 128 Å². The number of hydrogen-bond acceptors (Lipinski definition) is 3. The molecule has 1 fully saturated rings. The fraction of sp³-hybridized carbons (Fsp3) is 0.217. The summed E-state index contributed by atoms with van der Waals surface area (Å²) in [6.07, 6.45) is 10.5. The van der Waals surface area contributed by atoms with Crippen LogP contribution in [0.1, 0.15) is 74.5 Å². The van der Waals surface area contributed by atoms with E-state index in [4.69, 9.17) is 4.98 Å². The fourth-order valence-corrected chi connectivity index (χ4v) is 8.17. The average molecular weight is 847 g/mol. The molecule has 253 valence electrons. The van der Waals surface area contributed by atoms with Gasteiger partial charge in [-0.25, -0.2) is 0 Å². The molecule has 2 nitrogen and oxygen atoms in total. The molecule has 4 aromatic carbocycles. The van der Waals surface area contributed by atoms with Gasteiger partial charge in [-0.3, -0.25) is 0 Å². The zero-order valence-corrected chi connectivity index (χ0v) is 32.2. The van der Waals surface area contributed by atoms with Crippen molar-refractivity contribution >= 4 is 21.4 Å². The Bertz CT molecular complexity index is 2080. The van der Waals surface area contributed by atoms with E-state index in [1.165, 1.54) is 80.4 Å². The van der Waals surface area contributed by atoms with Crippen LogP contribution in [0.2, 0.25) is 0 Å². The average Bonchev–Trinajstić information content (AvgIpc) is 3.52. The SMILES string of the molecule is Cc1c(-c2ccccc2)sc2[c-]c(-c3cc(C(C)C)ccn3)cc(-c3ccc(C4CCCCC4)cc3)c12.[Ir].[c-]1ccccc1-c1ccccn1. The molecule has 0 saturated heterocycles. The van der Waals surface area contributed by atoms with Gasteiger partial charge >= 0.3 is 0 Å². The number of aryl methyl sites for hydroxylation is 1. The van der Waals surface area contributed by atoms with E-state index in [0.717, 1.165) is 28.4 Å². The van der Waals surface area contributed by atoms with Crippen LogP contribution in [0, 0.1) is 19.1 Å². The smallest absolute Gasteiger partial charge is 0.0276 e. The Morgan fingerprint density at radius 1 is 0.700 bits per heavy atom. The van der Waals surface area contributed by atoms with E-state index >= 15 is 0 Å². The summed E-state index contributed by atoms with van der Waals surface area (Å²) < 4.78 is 1.21. The van der Waals surface area contributed by atoms with E-state index in [1.54, 1.807) is 6.20 Å². The molecule has 0 amide bonds. The van der Waals surface area contributed by atoms with Gasteiger partial charge in [0.25, 0.3) is 0 Å². The molecule has 0 bridgehead atoms. The second-order valence-corrected chi connectivity index (χ2v) is 14.3. The number of aromatic nitrogens is 2. The normalized spacial score (nSPS) is 13.0. The molecule has 0 atom stereocenters. The number of nitrogens with zero attached hydrogens (tertiary/aromatic N) is 2. The first kappa shape index (κ1) is 35.6. The Morgan fingerprint density at radius 3 is 2.14 bits per heavy atom. The molecular weight excluding hydrogens is 805 g/mol.